The fraction of sp³-hybridized carbons (Fsp3) is 0.250. The zero-order valence-electron chi connectivity index (χ0n) is 14.7. The van der Waals surface area contributed by atoms with Gasteiger partial charge in [0.05, 0.1) is 16.8 Å². The van der Waals surface area contributed by atoms with Crippen LogP contribution >= 0.6 is 24.8 Å². The molecule has 3 heterocycles. The van der Waals surface area contributed by atoms with Gasteiger partial charge in [-0.2, -0.15) is 0 Å². The second-order valence-electron chi connectivity index (χ2n) is 6.45. The van der Waals surface area contributed by atoms with Crippen molar-refractivity contribution in [2.24, 2.45) is 11.7 Å². The summed E-state index contributed by atoms with van der Waals surface area (Å²) in [5, 5.41) is 0.890. The number of fused-ring (bicyclic) bond motifs is 1. The molecule has 0 bridgehead atoms. The molecule has 0 radical (unpaired) electrons. The van der Waals surface area contributed by atoms with Crippen molar-refractivity contribution in [3.05, 3.63) is 60.4 Å². The number of carbonyl (C=O) groups excluding carboxylic acids is 1. The first-order valence-electron chi connectivity index (χ1n) is 8.56. The smallest absolute Gasteiger partial charge is 0.254 e. The number of nitrogens with zero attached hydrogens (tertiary/aromatic N) is 3. The van der Waals surface area contributed by atoms with Gasteiger partial charge in [0.25, 0.3) is 5.91 Å². The number of benzene rings is 1. The Balaban J connectivity index is 0.00000131. The lowest BCUT2D eigenvalue weighted by atomic mass is 10.0. The largest absolute Gasteiger partial charge is 0.338 e. The summed E-state index contributed by atoms with van der Waals surface area (Å²) >= 11 is 0. The van der Waals surface area contributed by atoms with Crippen molar-refractivity contribution in [1.29, 1.82) is 0 Å². The molecule has 27 heavy (non-hydrogen) atoms. The summed E-state index contributed by atoms with van der Waals surface area (Å²) in [5.41, 5.74) is 9.05. The van der Waals surface area contributed by atoms with Crippen LogP contribution in [-0.2, 0) is 0 Å². The number of hydrogen-bond donors (Lipinski definition) is 1. The second-order valence-corrected chi connectivity index (χ2v) is 6.45. The van der Waals surface area contributed by atoms with E-state index in [-0.39, 0.29) is 30.7 Å². The first-order valence-corrected chi connectivity index (χ1v) is 8.56. The van der Waals surface area contributed by atoms with Gasteiger partial charge in [0.2, 0.25) is 0 Å². The molecular formula is C20H22Cl2N4O. The lowest BCUT2D eigenvalue weighted by Crippen LogP contribution is -2.30. The quantitative estimate of drug-likeness (QED) is 0.723. The highest BCUT2D eigenvalue weighted by molar-refractivity contribution is 6.07. The van der Waals surface area contributed by atoms with Gasteiger partial charge in [-0.3, -0.25) is 9.78 Å². The number of halogens is 2. The van der Waals surface area contributed by atoms with E-state index in [2.05, 4.69) is 4.98 Å². The summed E-state index contributed by atoms with van der Waals surface area (Å²) in [6.07, 6.45) is 4.45. The third-order valence-corrected chi connectivity index (χ3v) is 4.83. The van der Waals surface area contributed by atoms with Gasteiger partial charge in [-0.25, -0.2) is 4.98 Å². The molecule has 1 unspecified atom stereocenters. The number of likely N-dealkylation sites (tertiary alicyclic amines) is 1. The van der Waals surface area contributed by atoms with Crippen LogP contribution in [0.3, 0.4) is 0 Å². The van der Waals surface area contributed by atoms with Crippen molar-refractivity contribution in [2.45, 2.75) is 6.42 Å². The molecule has 3 aromatic rings. The lowest BCUT2D eigenvalue weighted by Gasteiger charge is -2.18. The van der Waals surface area contributed by atoms with Gasteiger partial charge in [0, 0.05) is 36.4 Å². The van der Waals surface area contributed by atoms with Crippen molar-refractivity contribution in [3.63, 3.8) is 0 Å². The summed E-state index contributed by atoms with van der Waals surface area (Å²) in [7, 11) is 0. The fourth-order valence-electron chi connectivity index (χ4n) is 3.40. The summed E-state index contributed by atoms with van der Waals surface area (Å²) in [6.45, 7) is 2.13. The fourth-order valence-corrected chi connectivity index (χ4v) is 3.40. The Labute approximate surface area is 170 Å². The average Bonchev–Trinajstić information content (AvgIpc) is 3.16. The number of hydrogen-bond acceptors (Lipinski definition) is 4. The lowest BCUT2D eigenvalue weighted by molar-refractivity contribution is 0.0789. The highest BCUT2D eigenvalue weighted by Crippen LogP contribution is 2.27. The van der Waals surface area contributed by atoms with E-state index in [0.29, 0.717) is 18.0 Å². The van der Waals surface area contributed by atoms with Gasteiger partial charge in [0.1, 0.15) is 0 Å². The molecule has 7 heteroatoms. The Kier molecular flexibility index (Phi) is 7.13. The normalized spacial score (nSPS) is 15.9. The maximum Gasteiger partial charge on any atom is 0.254 e. The number of rotatable bonds is 3. The molecule has 5 nitrogen and oxygen atoms in total. The van der Waals surface area contributed by atoms with E-state index in [0.717, 1.165) is 41.7 Å². The van der Waals surface area contributed by atoms with E-state index in [1.54, 1.807) is 12.4 Å². The van der Waals surface area contributed by atoms with E-state index >= 15 is 0 Å². The molecular weight excluding hydrogens is 383 g/mol. The summed E-state index contributed by atoms with van der Waals surface area (Å²) in [6, 6.07) is 13.5. The molecule has 1 amide bonds. The maximum absolute atomic E-state index is 13.2. The van der Waals surface area contributed by atoms with E-state index in [4.69, 9.17) is 10.7 Å². The highest BCUT2D eigenvalue weighted by Gasteiger charge is 2.27. The zero-order chi connectivity index (χ0) is 17.2. The number of pyridine rings is 2. The van der Waals surface area contributed by atoms with Crippen LogP contribution in [0.5, 0.6) is 0 Å². The third kappa shape index (κ3) is 4.21. The van der Waals surface area contributed by atoms with Gasteiger partial charge in [0.15, 0.2) is 0 Å². The van der Waals surface area contributed by atoms with E-state index in [1.807, 2.05) is 47.4 Å². The summed E-state index contributed by atoms with van der Waals surface area (Å²) < 4.78 is 0. The topological polar surface area (TPSA) is 72.1 Å². The average molecular weight is 405 g/mol. The molecule has 1 atom stereocenters. The minimum atomic E-state index is 0. The molecule has 0 aliphatic carbocycles. The number of aromatic nitrogens is 2. The van der Waals surface area contributed by atoms with Crippen LogP contribution < -0.4 is 5.73 Å². The van der Waals surface area contributed by atoms with Crippen molar-refractivity contribution < 1.29 is 4.79 Å². The van der Waals surface area contributed by atoms with Crippen molar-refractivity contribution in [1.82, 2.24) is 14.9 Å². The van der Waals surface area contributed by atoms with Gasteiger partial charge in [-0.05, 0) is 43.1 Å². The number of amides is 1. The predicted octanol–water partition coefficient (Wildman–Crippen LogP) is 3.56. The van der Waals surface area contributed by atoms with Crippen LogP contribution in [-0.4, -0.2) is 40.4 Å². The van der Waals surface area contributed by atoms with Crippen LogP contribution in [0.25, 0.3) is 22.2 Å². The van der Waals surface area contributed by atoms with Crippen LogP contribution in [0, 0.1) is 5.92 Å². The molecule has 1 aliphatic heterocycles. The standard InChI is InChI=1S/C20H20N4O.2ClH/c21-12-14-7-10-24(13-14)20(25)17-11-19(15-5-8-22-9-6-15)23-18-4-2-1-3-16(17)18;;/h1-6,8-9,11,14H,7,10,12-13,21H2;2*1H. The molecule has 142 valence electrons. The van der Waals surface area contributed by atoms with E-state index in [1.165, 1.54) is 0 Å². The molecule has 0 spiro atoms. The highest BCUT2D eigenvalue weighted by atomic mass is 35.5. The Morgan fingerprint density at radius 3 is 2.59 bits per heavy atom. The van der Waals surface area contributed by atoms with Crippen LogP contribution in [0.2, 0.25) is 0 Å². The molecule has 0 saturated carbocycles. The van der Waals surface area contributed by atoms with Gasteiger partial charge in [-0.15, -0.1) is 24.8 Å². The Bertz CT molecular complexity index is 920. The first-order chi connectivity index (χ1) is 12.3. The van der Waals surface area contributed by atoms with Crippen LogP contribution in [0.1, 0.15) is 16.8 Å². The maximum atomic E-state index is 13.2. The van der Waals surface area contributed by atoms with Gasteiger partial charge in [-0.1, -0.05) is 18.2 Å². The van der Waals surface area contributed by atoms with Crippen molar-refractivity contribution in [2.75, 3.05) is 19.6 Å². The minimum Gasteiger partial charge on any atom is -0.338 e. The monoisotopic (exact) mass is 404 g/mol. The van der Waals surface area contributed by atoms with E-state index < -0.39 is 0 Å². The van der Waals surface area contributed by atoms with Gasteiger partial charge < -0.3 is 10.6 Å². The van der Waals surface area contributed by atoms with Gasteiger partial charge >= 0.3 is 0 Å². The van der Waals surface area contributed by atoms with Crippen molar-refractivity contribution in [3.8, 4) is 11.3 Å². The van der Waals surface area contributed by atoms with Crippen molar-refractivity contribution >= 4 is 41.6 Å². The Hall–Kier alpha value is -2.21. The Morgan fingerprint density at radius 1 is 1.15 bits per heavy atom. The zero-order valence-corrected chi connectivity index (χ0v) is 16.4. The molecule has 1 aromatic carbocycles. The molecule has 4 rings (SSSR count). The first kappa shape index (κ1) is 21.1. The molecule has 2 aromatic heterocycles. The predicted molar refractivity (Wildman–Crippen MR) is 113 cm³/mol. The molecule has 1 aliphatic rings. The number of para-hydroxylation sites is 1. The number of carbonyl (C=O) groups is 1. The third-order valence-electron chi connectivity index (χ3n) is 4.83. The summed E-state index contributed by atoms with van der Waals surface area (Å²) in [4.78, 5) is 23.8. The SMILES string of the molecule is Cl.Cl.NCC1CCN(C(=O)c2cc(-c3ccncc3)nc3ccccc23)C1. The summed E-state index contributed by atoms with van der Waals surface area (Å²) in [5.74, 6) is 0.460. The minimum absolute atomic E-state index is 0. The Morgan fingerprint density at radius 2 is 1.89 bits per heavy atom. The van der Waals surface area contributed by atoms with Crippen LogP contribution in [0.15, 0.2) is 54.9 Å². The number of nitrogens with two attached hydrogens (primary N) is 1. The van der Waals surface area contributed by atoms with E-state index in [9.17, 15) is 4.79 Å². The molecule has 1 fully saturated rings. The van der Waals surface area contributed by atoms with Crippen LogP contribution in [0.4, 0.5) is 0 Å². The second kappa shape index (κ2) is 9.13. The molecule has 1 saturated heterocycles. The molecule has 2 N–H and O–H groups in total.